The third-order valence-electron chi connectivity index (χ3n) is 3.26. The number of carbonyl (C=O) groups is 2. The van der Waals surface area contributed by atoms with E-state index in [4.69, 9.17) is 16.3 Å². The average Bonchev–Trinajstić information content (AvgIpc) is 2.62. The summed E-state index contributed by atoms with van der Waals surface area (Å²) in [6.45, 7) is 0. The van der Waals surface area contributed by atoms with Crippen LogP contribution in [0.1, 0.15) is 18.4 Å². The maximum atomic E-state index is 11.8. The van der Waals surface area contributed by atoms with Crippen molar-refractivity contribution in [3.05, 3.63) is 59.1 Å². The standard InChI is InChI=1S/C18H18ClN3O3/c1-25-16-9-5-2-6-13(16)12-20-22-18(24)11-10-17(23)21-15-8-4-3-7-14(15)19/h2-9,12H,10-11H2,1H3,(H,21,23)(H,22,24)/b20-12+. The van der Waals surface area contributed by atoms with Crippen LogP contribution in [0.5, 0.6) is 5.75 Å². The molecule has 2 aromatic carbocycles. The Balaban J connectivity index is 1.78. The number of nitrogens with zero attached hydrogens (tertiary/aromatic N) is 1. The molecule has 0 fully saturated rings. The van der Waals surface area contributed by atoms with Crippen LogP contribution in [0.15, 0.2) is 53.6 Å². The summed E-state index contributed by atoms with van der Waals surface area (Å²) in [6.07, 6.45) is 1.53. The van der Waals surface area contributed by atoms with Gasteiger partial charge in [-0.1, -0.05) is 35.9 Å². The van der Waals surface area contributed by atoms with Gasteiger partial charge in [-0.15, -0.1) is 0 Å². The predicted molar refractivity (Wildman–Crippen MR) is 98.0 cm³/mol. The first-order chi connectivity index (χ1) is 12.1. The molecule has 0 aromatic heterocycles. The van der Waals surface area contributed by atoms with Gasteiger partial charge in [0.05, 0.1) is 24.0 Å². The van der Waals surface area contributed by atoms with Crippen molar-refractivity contribution in [3.63, 3.8) is 0 Å². The fourth-order valence-electron chi connectivity index (χ4n) is 2.01. The van der Waals surface area contributed by atoms with Gasteiger partial charge in [0, 0.05) is 18.4 Å². The van der Waals surface area contributed by atoms with E-state index < -0.39 is 0 Å². The number of hydrazone groups is 1. The number of rotatable bonds is 7. The number of nitrogens with one attached hydrogen (secondary N) is 2. The number of anilines is 1. The lowest BCUT2D eigenvalue weighted by molar-refractivity contribution is -0.124. The van der Waals surface area contributed by atoms with Crippen molar-refractivity contribution < 1.29 is 14.3 Å². The first-order valence-electron chi connectivity index (χ1n) is 7.59. The number of methoxy groups -OCH3 is 1. The van der Waals surface area contributed by atoms with Crippen LogP contribution < -0.4 is 15.5 Å². The topological polar surface area (TPSA) is 79.8 Å². The van der Waals surface area contributed by atoms with Crippen LogP contribution in [0.2, 0.25) is 5.02 Å². The van der Waals surface area contributed by atoms with Crippen LogP contribution in [0.25, 0.3) is 0 Å². The monoisotopic (exact) mass is 359 g/mol. The molecule has 7 heteroatoms. The third kappa shape index (κ3) is 5.93. The highest BCUT2D eigenvalue weighted by molar-refractivity contribution is 6.33. The van der Waals surface area contributed by atoms with Crippen molar-refractivity contribution in [2.75, 3.05) is 12.4 Å². The van der Waals surface area contributed by atoms with Crippen molar-refractivity contribution in [3.8, 4) is 5.75 Å². The Labute approximate surface area is 150 Å². The van der Waals surface area contributed by atoms with Gasteiger partial charge < -0.3 is 10.1 Å². The Bertz CT molecular complexity index is 778. The molecule has 6 nitrogen and oxygen atoms in total. The highest BCUT2D eigenvalue weighted by Gasteiger charge is 2.08. The average molecular weight is 360 g/mol. The van der Waals surface area contributed by atoms with Gasteiger partial charge >= 0.3 is 0 Å². The molecule has 0 atom stereocenters. The fraction of sp³-hybridized carbons (Fsp3) is 0.167. The van der Waals surface area contributed by atoms with Crippen LogP contribution in [0.3, 0.4) is 0 Å². The Hall–Kier alpha value is -2.86. The third-order valence-corrected chi connectivity index (χ3v) is 3.59. The van der Waals surface area contributed by atoms with Gasteiger partial charge in [-0.3, -0.25) is 9.59 Å². The number of ether oxygens (including phenoxy) is 1. The molecular weight excluding hydrogens is 342 g/mol. The Morgan fingerprint density at radius 2 is 1.76 bits per heavy atom. The minimum Gasteiger partial charge on any atom is -0.496 e. The number of benzene rings is 2. The molecule has 0 radical (unpaired) electrons. The summed E-state index contributed by atoms with van der Waals surface area (Å²) < 4.78 is 5.18. The molecule has 0 saturated heterocycles. The normalized spacial score (nSPS) is 10.5. The maximum Gasteiger partial charge on any atom is 0.240 e. The van der Waals surface area contributed by atoms with Gasteiger partial charge in [-0.05, 0) is 24.3 Å². The molecular formula is C18H18ClN3O3. The van der Waals surface area contributed by atoms with Crippen molar-refractivity contribution in [2.24, 2.45) is 5.10 Å². The zero-order valence-electron chi connectivity index (χ0n) is 13.7. The largest absolute Gasteiger partial charge is 0.496 e. The number of carbonyl (C=O) groups excluding carboxylic acids is 2. The Morgan fingerprint density at radius 1 is 1.08 bits per heavy atom. The first-order valence-corrected chi connectivity index (χ1v) is 7.97. The summed E-state index contributed by atoms with van der Waals surface area (Å²) in [5, 5.41) is 6.97. The van der Waals surface area contributed by atoms with Gasteiger partial charge in [0.1, 0.15) is 5.75 Å². The first kappa shape index (κ1) is 18.5. The van der Waals surface area contributed by atoms with Gasteiger partial charge in [0.15, 0.2) is 0 Å². The number of hydrogen-bond donors (Lipinski definition) is 2. The zero-order chi connectivity index (χ0) is 18.1. The second-order valence-electron chi connectivity index (χ2n) is 5.06. The molecule has 0 unspecified atom stereocenters. The van der Waals surface area contributed by atoms with Crippen molar-refractivity contribution in [1.29, 1.82) is 0 Å². The summed E-state index contributed by atoms with van der Waals surface area (Å²) in [7, 11) is 1.56. The van der Waals surface area contributed by atoms with Crippen LogP contribution in [0, 0.1) is 0 Å². The number of hydrogen-bond acceptors (Lipinski definition) is 4. The summed E-state index contributed by atoms with van der Waals surface area (Å²) in [5.74, 6) is -0.00275. The van der Waals surface area contributed by atoms with Crippen LogP contribution >= 0.6 is 11.6 Å². The smallest absolute Gasteiger partial charge is 0.240 e. The second kappa shape index (κ2) is 9.44. The van der Waals surface area contributed by atoms with E-state index in [0.717, 1.165) is 5.56 Å². The van der Waals surface area contributed by atoms with Crippen LogP contribution in [-0.4, -0.2) is 25.1 Å². The molecule has 2 aromatic rings. The molecule has 0 saturated carbocycles. The van der Waals surface area contributed by atoms with Gasteiger partial charge in [-0.25, -0.2) is 5.43 Å². The molecule has 2 N–H and O–H groups in total. The van der Waals surface area contributed by atoms with Gasteiger partial charge in [0.2, 0.25) is 11.8 Å². The van der Waals surface area contributed by atoms with Gasteiger partial charge in [-0.2, -0.15) is 5.10 Å². The lowest BCUT2D eigenvalue weighted by Crippen LogP contribution is -2.20. The molecule has 0 bridgehead atoms. The predicted octanol–water partition coefficient (Wildman–Crippen LogP) is 3.22. The Kier molecular flexibility index (Phi) is 6.98. The Morgan fingerprint density at radius 3 is 2.52 bits per heavy atom. The molecule has 2 rings (SSSR count). The fourth-order valence-corrected chi connectivity index (χ4v) is 2.19. The molecule has 2 amide bonds. The van der Waals surface area contributed by atoms with Crippen molar-refractivity contribution in [1.82, 2.24) is 5.43 Å². The minimum absolute atomic E-state index is 0.0134. The number of amides is 2. The van der Waals surface area contributed by atoms with E-state index in [1.54, 1.807) is 37.4 Å². The molecule has 0 heterocycles. The van der Waals surface area contributed by atoms with E-state index in [2.05, 4.69) is 15.8 Å². The van der Waals surface area contributed by atoms with Crippen molar-refractivity contribution >= 4 is 35.3 Å². The van der Waals surface area contributed by atoms with Crippen LogP contribution in [-0.2, 0) is 9.59 Å². The lowest BCUT2D eigenvalue weighted by Gasteiger charge is -2.06. The molecule has 0 spiro atoms. The summed E-state index contributed by atoms with van der Waals surface area (Å²) in [4.78, 5) is 23.6. The SMILES string of the molecule is COc1ccccc1/C=N/NC(=O)CCC(=O)Nc1ccccc1Cl. The second-order valence-corrected chi connectivity index (χ2v) is 5.47. The van der Waals surface area contributed by atoms with E-state index in [1.807, 2.05) is 18.2 Å². The van der Waals surface area contributed by atoms with E-state index in [9.17, 15) is 9.59 Å². The number of halogens is 1. The summed E-state index contributed by atoms with van der Waals surface area (Å²) in [5.41, 5.74) is 3.64. The van der Waals surface area contributed by atoms with Crippen LogP contribution in [0.4, 0.5) is 5.69 Å². The zero-order valence-corrected chi connectivity index (χ0v) is 14.4. The summed E-state index contributed by atoms with van der Waals surface area (Å²) >= 11 is 5.96. The minimum atomic E-state index is -0.361. The highest BCUT2D eigenvalue weighted by Crippen LogP contribution is 2.20. The van der Waals surface area contributed by atoms with E-state index in [0.29, 0.717) is 16.5 Å². The number of para-hydroxylation sites is 2. The molecule has 0 aliphatic carbocycles. The van der Waals surface area contributed by atoms with Crippen molar-refractivity contribution in [2.45, 2.75) is 12.8 Å². The molecule has 25 heavy (non-hydrogen) atoms. The highest BCUT2D eigenvalue weighted by atomic mass is 35.5. The lowest BCUT2D eigenvalue weighted by atomic mass is 10.2. The van der Waals surface area contributed by atoms with Gasteiger partial charge in [0.25, 0.3) is 0 Å². The molecule has 130 valence electrons. The molecule has 0 aliphatic heterocycles. The summed E-state index contributed by atoms with van der Waals surface area (Å²) in [6, 6.07) is 14.2. The quantitative estimate of drug-likeness (QED) is 0.588. The van der Waals surface area contributed by atoms with E-state index >= 15 is 0 Å². The van der Waals surface area contributed by atoms with E-state index in [-0.39, 0.29) is 24.7 Å². The van der Waals surface area contributed by atoms with E-state index in [1.165, 1.54) is 6.21 Å². The molecule has 0 aliphatic rings. The maximum absolute atomic E-state index is 11.8.